The molecule has 1 aliphatic heterocycles. The molecule has 3 aromatic carbocycles. The van der Waals surface area contributed by atoms with Crippen LogP contribution in [0.15, 0.2) is 66.7 Å². The maximum absolute atomic E-state index is 12.5. The molecular formula is C25H25N3O5. The zero-order chi connectivity index (χ0) is 23.2. The van der Waals surface area contributed by atoms with Crippen molar-refractivity contribution in [1.29, 1.82) is 0 Å². The lowest BCUT2D eigenvalue weighted by atomic mass is 10.1. The van der Waals surface area contributed by atoms with Gasteiger partial charge in [0.1, 0.15) is 11.8 Å². The fraction of sp³-hybridized carbons (Fsp3) is 0.200. The van der Waals surface area contributed by atoms with E-state index in [1.807, 2.05) is 30.3 Å². The molecule has 0 radical (unpaired) electrons. The zero-order valence-corrected chi connectivity index (χ0v) is 18.4. The van der Waals surface area contributed by atoms with Gasteiger partial charge in [-0.2, -0.15) is 0 Å². The average molecular weight is 447 g/mol. The number of nitrogens with one attached hydrogen (secondary N) is 3. The van der Waals surface area contributed by atoms with Crippen LogP contribution in [0, 0.1) is 0 Å². The van der Waals surface area contributed by atoms with Gasteiger partial charge in [0.2, 0.25) is 12.7 Å². The number of fused-ring (bicyclic) bond motifs is 1. The largest absolute Gasteiger partial charge is 0.495 e. The predicted molar refractivity (Wildman–Crippen MR) is 125 cm³/mol. The first-order chi connectivity index (χ1) is 16.0. The third-order valence-electron chi connectivity index (χ3n) is 5.18. The second kappa shape index (κ2) is 9.95. The van der Waals surface area contributed by atoms with E-state index in [0.29, 0.717) is 35.0 Å². The molecule has 4 rings (SSSR count). The Morgan fingerprint density at radius 3 is 2.55 bits per heavy atom. The Morgan fingerprint density at radius 1 is 1.00 bits per heavy atom. The van der Waals surface area contributed by atoms with E-state index >= 15 is 0 Å². The molecule has 1 atom stereocenters. The van der Waals surface area contributed by atoms with E-state index in [9.17, 15) is 9.59 Å². The van der Waals surface area contributed by atoms with Gasteiger partial charge in [0, 0.05) is 17.8 Å². The summed E-state index contributed by atoms with van der Waals surface area (Å²) >= 11 is 0. The Kier molecular flexibility index (Phi) is 6.64. The number of carbonyl (C=O) groups is 2. The quantitative estimate of drug-likeness (QED) is 0.486. The van der Waals surface area contributed by atoms with Crippen LogP contribution in [0.1, 0.15) is 22.8 Å². The predicted octanol–water partition coefficient (Wildman–Crippen LogP) is 3.79. The maximum atomic E-state index is 12.5. The van der Waals surface area contributed by atoms with Gasteiger partial charge in [0.15, 0.2) is 11.5 Å². The minimum absolute atomic E-state index is 0.148. The Balaban J connectivity index is 1.29. The molecule has 1 aliphatic rings. The van der Waals surface area contributed by atoms with Crippen molar-refractivity contribution in [2.75, 3.05) is 24.5 Å². The number of carbonyl (C=O) groups excluding carboxylic acids is 2. The van der Waals surface area contributed by atoms with E-state index in [1.165, 1.54) is 0 Å². The Morgan fingerprint density at radius 2 is 1.76 bits per heavy atom. The third kappa shape index (κ3) is 5.35. The van der Waals surface area contributed by atoms with Gasteiger partial charge in [0.25, 0.3) is 5.91 Å². The fourth-order valence-corrected chi connectivity index (χ4v) is 3.37. The number of anilines is 2. The molecule has 170 valence electrons. The third-order valence-corrected chi connectivity index (χ3v) is 5.18. The van der Waals surface area contributed by atoms with Crippen molar-refractivity contribution in [1.82, 2.24) is 5.32 Å². The average Bonchev–Trinajstić information content (AvgIpc) is 3.31. The molecule has 0 aliphatic carbocycles. The lowest BCUT2D eigenvalue weighted by Gasteiger charge is -2.16. The number of benzene rings is 3. The van der Waals surface area contributed by atoms with Gasteiger partial charge >= 0.3 is 0 Å². The zero-order valence-electron chi connectivity index (χ0n) is 18.4. The Labute approximate surface area is 191 Å². The number of methoxy groups -OCH3 is 1. The van der Waals surface area contributed by atoms with E-state index in [1.54, 1.807) is 50.4 Å². The van der Waals surface area contributed by atoms with Gasteiger partial charge in [-0.3, -0.25) is 9.59 Å². The van der Waals surface area contributed by atoms with Crippen molar-refractivity contribution in [2.45, 2.75) is 19.5 Å². The highest BCUT2D eigenvalue weighted by atomic mass is 16.7. The van der Waals surface area contributed by atoms with Gasteiger partial charge in [-0.15, -0.1) is 0 Å². The standard InChI is InChI=1S/C25H25N3O5/c1-16(24(29)26-14-17-7-12-22-23(13-17)33-15-32-22)27-19-10-8-18(9-11-19)25(30)28-20-5-3-4-6-21(20)31-2/h3-13,16,27H,14-15H2,1-2H3,(H,26,29)(H,28,30)/t16-/m0/s1. The van der Waals surface area contributed by atoms with Gasteiger partial charge < -0.3 is 30.2 Å². The number of amides is 2. The second-order valence-electron chi connectivity index (χ2n) is 7.50. The van der Waals surface area contributed by atoms with E-state index in [2.05, 4.69) is 16.0 Å². The van der Waals surface area contributed by atoms with Crippen molar-refractivity contribution in [2.24, 2.45) is 0 Å². The van der Waals surface area contributed by atoms with Gasteiger partial charge in [-0.05, 0) is 61.0 Å². The molecule has 0 saturated carbocycles. The first kappa shape index (κ1) is 22.0. The minimum atomic E-state index is -0.465. The van der Waals surface area contributed by atoms with Gasteiger partial charge in [-0.1, -0.05) is 18.2 Å². The monoisotopic (exact) mass is 447 g/mol. The first-order valence-corrected chi connectivity index (χ1v) is 10.5. The number of hydrogen-bond donors (Lipinski definition) is 3. The number of para-hydroxylation sites is 2. The number of ether oxygens (including phenoxy) is 3. The molecular weight excluding hydrogens is 422 g/mol. The molecule has 33 heavy (non-hydrogen) atoms. The highest BCUT2D eigenvalue weighted by Crippen LogP contribution is 2.32. The van der Waals surface area contributed by atoms with Crippen LogP contribution in [-0.4, -0.2) is 31.8 Å². The van der Waals surface area contributed by atoms with Crippen molar-refractivity contribution >= 4 is 23.2 Å². The molecule has 3 aromatic rings. The molecule has 0 unspecified atom stereocenters. The van der Waals surface area contributed by atoms with Gasteiger partial charge in [0.05, 0.1) is 12.8 Å². The normalized spacial score (nSPS) is 12.5. The van der Waals surface area contributed by atoms with E-state index in [4.69, 9.17) is 14.2 Å². The number of hydrogen-bond acceptors (Lipinski definition) is 6. The second-order valence-corrected chi connectivity index (χ2v) is 7.50. The molecule has 8 nitrogen and oxygen atoms in total. The summed E-state index contributed by atoms with van der Waals surface area (Å²) in [6.07, 6.45) is 0. The summed E-state index contributed by atoms with van der Waals surface area (Å²) < 4.78 is 15.9. The van der Waals surface area contributed by atoms with E-state index < -0.39 is 6.04 Å². The summed E-state index contributed by atoms with van der Waals surface area (Å²) in [6, 6.07) is 19.2. The van der Waals surface area contributed by atoms with Crippen LogP contribution in [0.25, 0.3) is 0 Å². The molecule has 0 spiro atoms. The van der Waals surface area contributed by atoms with Crippen LogP contribution in [0.2, 0.25) is 0 Å². The molecule has 8 heteroatoms. The SMILES string of the molecule is COc1ccccc1NC(=O)c1ccc(N[C@@H](C)C(=O)NCc2ccc3c(c2)OCO3)cc1. The molecule has 0 aromatic heterocycles. The van der Waals surface area contributed by atoms with Crippen LogP contribution >= 0.6 is 0 Å². The summed E-state index contributed by atoms with van der Waals surface area (Å²) in [5, 5.41) is 8.89. The molecule has 0 saturated heterocycles. The van der Waals surface area contributed by atoms with Crippen LogP contribution in [0.5, 0.6) is 17.2 Å². The van der Waals surface area contributed by atoms with Gasteiger partial charge in [-0.25, -0.2) is 0 Å². The molecule has 0 bridgehead atoms. The summed E-state index contributed by atoms with van der Waals surface area (Å²) in [4.78, 5) is 25.0. The van der Waals surface area contributed by atoms with Crippen molar-refractivity contribution < 1.29 is 23.8 Å². The summed E-state index contributed by atoms with van der Waals surface area (Å²) in [7, 11) is 1.55. The van der Waals surface area contributed by atoms with Crippen LogP contribution in [-0.2, 0) is 11.3 Å². The van der Waals surface area contributed by atoms with E-state index in [0.717, 1.165) is 11.3 Å². The van der Waals surface area contributed by atoms with Crippen molar-refractivity contribution in [3.63, 3.8) is 0 Å². The summed E-state index contributed by atoms with van der Waals surface area (Å²) in [5.74, 6) is 1.58. The van der Waals surface area contributed by atoms with Crippen LogP contribution in [0.3, 0.4) is 0 Å². The number of rotatable bonds is 8. The Hall–Kier alpha value is -4.20. The highest BCUT2D eigenvalue weighted by Gasteiger charge is 2.16. The molecule has 1 heterocycles. The fourth-order valence-electron chi connectivity index (χ4n) is 3.37. The highest BCUT2D eigenvalue weighted by molar-refractivity contribution is 6.05. The van der Waals surface area contributed by atoms with Crippen LogP contribution < -0.4 is 30.2 Å². The lowest BCUT2D eigenvalue weighted by Crippen LogP contribution is -2.37. The smallest absolute Gasteiger partial charge is 0.255 e. The molecule has 3 N–H and O–H groups in total. The van der Waals surface area contributed by atoms with Crippen molar-refractivity contribution in [3.05, 3.63) is 77.9 Å². The molecule has 0 fully saturated rings. The summed E-state index contributed by atoms with van der Waals surface area (Å²) in [6.45, 7) is 2.37. The van der Waals surface area contributed by atoms with Crippen molar-refractivity contribution in [3.8, 4) is 17.2 Å². The first-order valence-electron chi connectivity index (χ1n) is 10.5. The maximum Gasteiger partial charge on any atom is 0.255 e. The van der Waals surface area contributed by atoms with Crippen LogP contribution in [0.4, 0.5) is 11.4 Å². The van der Waals surface area contributed by atoms with E-state index in [-0.39, 0.29) is 18.6 Å². The summed E-state index contributed by atoms with van der Waals surface area (Å²) in [5.41, 5.74) is 2.74. The minimum Gasteiger partial charge on any atom is -0.495 e. The Bertz CT molecular complexity index is 1150. The lowest BCUT2D eigenvalue weighted by molar-refractivity contribution is -0.121. The molecule has 2 amide bonds. The topological polar surface area (TPSA) is 97.9 Å².